The van der Waals surface area contributed by atoms with Crippen molar-refractivity contribution in [2.75, 3.05) is 13.2 Å². The highest BCUT2D eigenvalue weighted by Gasteiger charge is 2.34. The van der Waals surface area contributed by atoms with Crippen molar-refractivity contribution in [2.24, 2.45) is 0 Å². The van der Waals surface area contributed by atoms with Crippen molar-refractivity contribution >= 4 is 17.6 Å². The van der Waals surface area contributed by atoms with E-state index >= 15 is 0 Å². The van der Waals surface area contributed by atoms with Crippen LogP contribution in [-0.4, -0.2) is 35.6 Å². The van der Waals surface area contributed by atoms with Crippen LogP contribution in [0.5, 0.6) is 5.75 Å². The normalized spacial score (nSPS) is 13.2. The van der Waals surface area contributed by atoms with Gasteiger partial charge in [0.05, 0.1) is 23.2 Å². The summed E-state index contributed by atoms with van der Waals surface area (Å²) in [7, 11) is 0. The molecule has 2 aromatic carbocycles. The van der Waals surface area contributed by atoms with Gasteiger partial charge < -0.3 is 4.74 Å². The van der Waals surface area contributed by atoms with Crippen LogP contribution in [0.4, 0.5) is 4.39 Å². The van der Waals surface area contributed by atoms with Gasteiger partial charge in [0.2, 0.25) is 0 Å². The number of hydrogen-bond donors (Lipinski definition) is 0. The summed E-state index contributed by atoms with van der Waals surface area (Å²) >= 11 is 0. The lowest BCUT2D eigenvalue weighted by atomic mass is 10.1. The summed E-state index contributed by atoms with van der Waals surface area (Å²) in [6.45, 7) is 1.37. The van der Waals surface area contributed by atoms with Crippen LogP contribution in [-0.2, 0) is 0 Å². The van der Waals surface area contributed by atoms with Crippen molar-refractivity contribution in [3.8, 4) is 5.75 Å². The third kappa shape index (κ3) is 2.78. The van der Waals surface area contributed by atoms with Gasteiger partial charge in [0.25, 0.3) is 11.8 Å². The fourth-order valence-corrected chi connectivity index (χ4v) is 2.59. The average Bonchev–Trinajstić information content (AvgIpc) is 2.81. The number of ketones is 1. The molecule has 0 unspecified atom stereocenters. The summed E-state index contributed by atoms with van der Waals surface area (Å²) in [5.41, 5.74) is 0.861. The molecular formula is C18H14FNO4. The first kappa shape index (κ1) is 15.9. The molecule has 1 aliphatic rings. The average molecular weight is 327 g/mol. The van der Waals surface area contributed by atoms with Crippen LogP contribution in [0.1, 0.15) is 38.0 Å². The molecule has 0 aromatic heterocycles. The van der Waals surface area contributed by atoms with Crippen molar-refractivity contribution in [1.82, 2.24) is 4.90 Å². The predicted molar refractivity (Wildman–Crippen MR) is 83.7 cm³/mol. The summed E-state index contributed by atoms with van der Waals surface area (Å²) < 4.78 is 18.7. The van der Waals surface area contributed by atoms with Gasteiger partial charge in [-0.15, -0.1) is 0 Å². The summed E-state index contributed by atoms with van der Waals surface area (Å²) in [6, 6.07) is 10.2. The van der Waals surface area contributed by atoms with Crippen LogP contribution >= 0.6 is 0 Å². The first-order valence-corrected chi connectivity index (χ1v) is 7.37. The van der Waals surface area contributed by atoms with Gasteiger partial charge in [-0.05, 0) is 37.3 Å². The van der Waals surface area contributed by atoms with E-state index in [9.17, 15) is 18.8 Å². The Balaban J connectivity index is 1.69. The Morgan fingerprint density at radius 3 is 2.29 bits per heavy atom. The number of carbonyl (C=O) groups excluding carboxylic acids is 3. The van der Waals surface area contributed by atoms with Crippen LogP contribution in [0.2, 0.25) is 0 Å². The Labute approximate surface area is 137 Å². The summed E-state index contributed by atoms with van der Waals surface area (Å²) in [5.74, 6) is -1.38. The Bertz CT molecular complexity index is 812. The van der Waals surface area contributed by atoms with Gasteiger partial charge in [-0.2, -0.15) is 0 Å². The lowest BCUT2D eigenvalue weighted by Crippen LogP contribution is -2.33. The minimum absolute atomic E-state index is 0.0113. The summed E-state index contributed by atoms with van der Waals surface area (Å²) in [4.78, 5) is 37.1. The summed E-state index contributed by atoms with van der Waals surface area (Å²) in [6.07, 6.45) is 0. The molecule has 0 aliphatic carbocycles. The quantitative estimate of drug-likeness (QED) is 0.626. The third-order valence-electron chi connectivity index (χ3n) is 3.77. The standard InChI is InChI=1S/C18H14FNO4/c1-11(21)15-10-12(19)6-7-16(15)24-9-8-20-17(22)13-4-2-3-5-14(13)18(20)23/h2-7,10H,8-9H2,1H3. The highest BCUT2D eigenvalue weighted by Crippen LogP contribution is 2.23. The molecule has 0 saturated carbocycles. The number of hydrogen-bond acceptors (Lipinski definition) is 4. The van der Waals surface area contributed by atoms with Crippen molar-refractivity contribution in [3.63, 3.8) is 0 Å². The molecule has 122 valence electrons. The number of fused-ring (bicyclic) bond motifs is 1. The monoisotopic (exact) mass is 327 g/mol. The van der Waals surface area contributed by atoms with Crippen molar-refractivity contribution in [3.05, 3.63) is 65.0 Å². The highest BCUT2D eigenvalue weighted by molar-refractivity contribution is 6.21. The minimum atomic E-state index is -0.534. The number of ether oxygens (including phenoxy) is 1. The van der Waals surface area contributed by atoms with E-state index in [1.54, 1.807) is 24.3 Å². The number of imide groups is 1. The van der Waals surface area contributed by atoms with Crippen molar-refractivity contribution in [1.29, 1.82) is 0 Å². The number of carbonyl (C=O) groups is 3. The third-order valence-corrected chi connectivity index (χ3v) is 3.77. The highest BCUT2D eigenvalue weighted by atomic mass is 19.1. The number of rotatable bonds is 5. The molecule has 0 atom stereocenters. The second-order valence-electron chi connectivity index (χ2n) is 5.35. The molecule has 0 fully saturated rings. The van der Waals surface area contributed by atoms with E-state index in [1.807, 2.05) is 0 Å². The number of amides is 2. The van der Waals surface area contributed by atoms with Gasteiger partial charge in [-0.1, -0.05) is 12.1 Å². The Hall–Kier alpha value is -3.02. The lowest BCUT2D eigenvalue weighted by molar-refractivity contribution is 0.0630. The molecule has 5 nitrogen and oxygen atoms in total. The van der Waals surface area contributed by atoms with Crippen molar-refractivity contribution in [2.45, 2.75) is 6.92 Å². The smallest absolute Gasteiger partial charge is 0.261 e. The number of nitrogens with zero attached hydrogens (tertiary/aromatic N) is 1. The molecule has 0 radical (unpaired) electrons. The first-order chi connectivity index (χ1) is 11.5. The van der Waals surface area contributed by atoms with E-state index in [-0.39, 0.29) is 42.1 Å². The van der Waals surface area contributed by atoms with Crippen LogP contribution < -0.4 is 4.74 Å². The van der Waals surface area contributed by atoms with Gasteiger partial charge in [0, 0.05) is 0 Å². The second kappa shape index (κ2) is 6.23. The second-order valence-corrected chi connectivity index (χ2v) is 5.35. The van der Waals surface area contributed by atoms with E-state index in [1.165, 1.54) is 19.1 Å². The van der Waals surface area contributed by atoms with Gasteiger partial charge in [-0.3, -0.25) is 19.3 Å². The molecule has 0 spiro atoms. The molecule has 1 heterocycles. The maximum Gasteiger partial charge on any atom is 0.261 e. The number of benzene rings is 2. The van der Waals surface area contributed by atoms with E-state index in [0.717, 1.165) is 11.0 Å². The van der Waals surface area contributed by atoms with Crippen LogP contribution in [0, 0.1) is 5.82 Å². The van der Waals surface area contributed by atoms with E-state index in [2.05, 4.69) is 0 Å². The molecule has 1 aliphatic heterocycles. The first-order valence-electron chi connectivity index (χ1n) is 7.37. The lowest BCUT2D eigenvalue weighted by Gasteiger charge is -2.15. The molecule has 3 rings (SSSR count). The molecule has 0 bridgehead atoms. The largest absolute Gasteiger partial charge is 0.491 e. The fourth-order valence-electron chi connectivity index (χ4n) is 2.59. The molecular weight excluding hydrogens is 313 g/mol. The zero-order valence-electron chi connectivity index (χ0n) is 12.9. The van der Waals surface area contributed by atoms with Crippen LogP contribution in [0.25, 0.3) is 0 Å². The van der Waals surface area contributed by atoms with Gasteiger partial charge >= 0.3 is 0 Å². The van der Waals surface area contributed by atoms with Crippen molar-refractivity contribution < 1.29 is 23.5 Å². The Morgan fingerprint density at radius 2 is 1.71 bits per heavy atom. The molecule has 2 aromatic rings. The zero-order chi connectivity index (χ0) is 17.3. The van der Waals surface area contributed by atoms with Gasteiger partial charge in [-0.25, -0.2) is 4.39 Å². The molecule has 0 N–H and O–H groups in total. The number of halogens is 1. The van der Waals surface area contributed by atoms with Gasteiger partial charge in [0.1, 0.15) is 18.2 Å². The summed E-state index contributed by atoms with van der Waals surface area (Å²) in [5, 5.41) is 0. The SMILES string of the molecule is CC(=O)c1cc(F)ccc1OCCN1C(=O)c2ccccc2C1=O. The van der Waals surface area contributed by atoms with E-state index in [4.69, 9.17) is 4.74 Å². The van der Waals surface area contributed by atoms with E-state index < -0.39 is 5.82 Å². The zero-order valence-corrected chi connectivity index (χ0v) is 12.9. The Kier molecular flexibility index (Phi) is 4.12. The number of Topliss-reactive ketones (excluding diaryl/α,β-unsaturated/α-hetero) is 1. The maximum atomic E-state index is 13.2. The fraction of sp³-hybridized carbons (Fsp3) is 0.167. The Morgan fingerprint density at radius 1 is 1.08 bits per heavy atom. The predicted octanol–water partition coefficient (Wildman–Crippen LogP) is 2.70. The maximum absolute atomic E-state index is 13.2. The van der Waals surface area contributed by atoms with Gasteiger partial charge in [0.15, 0.2) is 5.78 Å². The molecule has 0 saturated heterocycles. The minimum Gasteiger partial charge on any atom is -0.491 e. The van der Waals surface area contributed by atoms with E-state index in [0.29, 0.717) is 11.1 Å². The topological polar surface area (TPSA) is 63.7 Å². The van der Waals surface area contributed by atoms with Crippen LogP contribution in [0.15, 0.2) is 42.5 Å². The molecule has 24 heavy (non-hydrogen) atoms. The molecule has 6 heteroatoms. The molecule has 2 amide bonds. The van der Waals surface area contributed by atoms with Crippen LogP contribution in [0.3, 0.4) is 0 Å².